The summed E-state index contributed by atoms with van der Waals surface area (Å²) >= 11 is 0. The molecule has 2 heterocycles. The molecule has 0 spiro atoms. The van der Waals surface area contributed by atoms with E-state index < -0.39 is 0 Å². The van der Waals surface area contributed by atoms with Gasteiger partial charge in [-0.2, -0.15) is 5.26 Å². The zero-order valence-electron chi connectivity index (χ0n) is 14.1. The van der Waals surface area contributed by atoms with Gasteiger partial charge in [-0.05, 0) is 36.6 Å². The number of carbonyl (C=O) groups is 1. The highest BCUT2D eigenvalue weighted by molar-refractivity contribution is 5.94. The predicted molar refractivity (Wildman–Crippen MR) is 89.3 cm³/mol. The quantitative estimate of drug-likeness (QED) is 0.865. The molecule has 0 aliphatic carbocycles. The molecule has 1 amide bonds. The highest BCUT2D eigenvalue weighted by Gasteiger charge is 2.26. The molecule has 0 saturated heterocycles. The third-order valence-corrected chi connectivity index (χ3v) is 4.26. The van der Waals surface area contributed by atoms with Crippen molar-refractivity contribution in [1.29, 1.82) is 5.26 Å². The number of amides is 1. The van der Waals surface area contributed by atoms with Crippen molar-refractivity contribution < 1.29 is 9.21 Å². The van der Waals surface area contributed by atoms with Crippen LogP contribution < -0.4 is 0 Å². The summed E-state index contributed by atoms with van der Waals surface area (Å²) in [6, 6.07) is 8.80. The average Bonchev–Trinajstić information content (AvgIpc) is 3.01. The van der Waals surface area contributed by atoms with Gasteiger partial charge in [0.05, 0.1) is 18.2 Å². The van der Waals surface area contributed by atoms with Crippen LogP contribution in [0.25, 0.3) is 0 Å². The van der Waals surface area contributed by atoms with Gasteiger partial charge in [0, 0.05) is 24.9 Å². The van der Waals surface area contributed by atoms with E-state index in [0.717, 1.165) is 30.2 Å². The zero-order valence-corrected chi connectivity index (χ0v) is 14.1. The largest absolute Gasteiger partial charge is 0.445 e. The van der Waals surface area contributed by atoms with E-state index >= 15 is 0 Å². The van der Waals surface area contributed by atoms with E-state index in [9.17, 15) is 4.79 Å². The second-order valence-corrected chi connectivity index (χ2v) is 6.58. The average molecular weight is 323 g/mol. The minimum Gasteiger partial charge on any atom is -0.445 e. The van der Waals surface area contributed by atoms with Crippen LogP contribution in [0.4, 0.5) is 0 Å². The number of nitrogens with zero attached hydrogens (tertiary/aromatic N) is 3. The van der Waals surface area contributed by atoms with Crippen molar-refractivity contribution in [2.75, 3.05) is 6.54 Å². The molecule has 5 nitrogen and oxygen atoms in total. The number of carbonyl (C=O) groups excluding carboxylic acids is 1. The van der Waals surface area contributed by atoms with Crippen LogP contribution >= 0.6 is 0 Å². The van der Waals surface area contributed by atoms with Crippen LogP contribution in [0, 0.1) is 17.2 Å². The van der Waals surface area contributed by atoms with Crippen LogP contribution in [-0.2, 0) is 19.4 Å². The molecule has 0 radical (unpaired) electrons. The van der Waals surface area contributed by atoms with Crippen molar-refractivity contribution in [3.63, 3.8) is 0 Å². The Hall–Kier alpha value is -2.61. The number of hydrogen-bond acceptors (Lipinski definition) is 4. The number of benzene rings is 1. The van der Waals surface area contributed by atoms with Crippen LogP contribution in [0.3, 0.4) is 0 Å². The smallest absolute Gasteiger partial charge is 0.254 e. The Morgan fingerprint density at radius 1 is 1.38 bits per heavy atom. The SMILES string of the molecule is CC(C)CCc1nc2c(o1)CCN(C(=O)c1ccc(C#N)cc1)C2. The number of rotatable bonds is 4. The second-order valence-electron chi connectivity index (χ2n) is 6.58. The maximum atomic E-state index is 12.6. The fraction of sp³-hybridized carbons (Fsp3) is 0.421. The maximum Gasteiger partial charge on any atom is 0.254 e. The van der Waals surface area contributed by atoms with Crippen molar-refractivity contribution in [1.82, 2.24) is 9.88 Å². The van der Waals surface area contributed by atoms with Gasteiger partial charge >= 0.3 is 0 Å². The summed E-state index contributed by atoms with van der Waals surface area (Å²) in [5.41, 5.74) is 2.03. The normalized spacial score (nSPS) is 13.7. The summed E-state index contributed by atoms with van der Waals surface area (Å²) in [7, 11) is 0. The molecule has 2 aromatic rings. The fourth-order valence-electron chi connectivity index (χ4n) is 2.81. The predicted octanol–water partition coefficient (Wildman–Crippen LogP) is 3.33. The third-order valence-electron chi connectivity index (χ3n) is 4.26. The Balaban J connectivity index is 1.69. The molecule has 1 aromatic carbocycles. The summed E-state index contributed by atoms with van der Waals surface area (Å²) in [6.07, 6.45) is 2.59. The Morgan fingerprint density at radius 3 is 2.79 bits per heavy atom. The molecule has 0 bridgehead atoms. The topological polar surface area (TPSA) is 70.1 Å². The van der Waals surface area contributed by atoms with Gasteiger partial charge in [-0.1, -0.05) is 13.8 Å². The number of oxazole rings is 1. The van der Waals surface area contributed by atoms with Crippen molar-refractivity contribution >= 4 is 5.91 Å². The molecule has 0 unspecified atom stereocenters. The molecule has 0 fully saturated rings. The first kappa shape index (κ1) is 16.3. The Labute approximate surface area is 141 Å². The monoisotopic (exact) mass is 323 g/mol. The fourth-order valence-corrected chi connectivity index (χ4v) is 2.81. The van der Waals surface area contributed by atoms with E-state index in [1.54, 1.807) is 29.2 Å². The van der Waals surface area contributed by atoms with Gasteiger partial charge in [0.25, 0.3) is 5.91 Å². The lowest BCUT2D eigenvalue weighted by Gasteiger charge is -2.25. The number of hydrogen-bond donors (Lipinski definition) is 0. The number of aryl methyl sites for hydroxylation is 1. The Bertz CT molecular complexity index is 769. The van der Waals surface area contributed by atoms with E-state index in [4.69, 9.17) is 9.68 Å². The van der Waals surface area contributed by atoms with Gasteiger partial charge < -0.3 is 9.32 Å². The number of fused-ring (bicyclic) bond motifs is 1. The van der Waals surface area contributed by atoms with Crippen LogP contribution in [0.5, 0.6) is 0 Å². The van der Waals surface area contributed by atoms with Crippen molar-refractivity contribution in [2.24, 2.45) is 5.92 Å². The number of nitriles is 1. The molecule has 0 N–H and O–H groups in total. The summed E-state index contributed by atoms with van der Waals surface area (Å²) in [6.45, 7) is 5.48. The highest BCUT2D eigenvalue weighted by Crippen LogP contribution is 2.22. The zero-order chi connectivity index (χ0) is 17.1. The molecule has 1 aliphatic heterocycles. The Kier molecular flexibility index (Phi) is 4.66. The lowest BCUT2D eigenvalue weighted by atomic mass is 10.1. The molecule has 24 heavy (non-hydrogen) atoms. The van der Waals surface area contributed by atoms with Crippen LogP contribution in [0.15, 0.2) is 28.7 Å². The summed E-state index contributed by atoms with van der Waals surface area (Å²) in [5, 5.41) is 8.84. The van der Waals surface area contributed by atoms with Gasteiger partial charge in [-0.3, -0.25) is 4.79 Å². The van der Waals surface area contributed by atoms with E-state index in [1.165, 1.54) is 0 Å². The minimum absolute atomic E-state index is 0.0307. The van der Waals surface area contributed by atoms with Crippen LogP contribution in [0.2, 0.25) is 0 Å². The lowest BCUT2D eigenvalue weighted by Crippen LogP contribution is -2.35. The summed E-state index contributed by atoms with van der Waals surface area (Å²) < 4.78 is 5.84. The molecular formula is C19H21N3O2. The molecule has 1 aromatic heterocycles. The highest BCUT2D eigenvalue weighted by atomic mass is 16.4. The summed E-state index contributed by atoms with van der Waals surface area (Å²) in [5.74, 6) is 2.28. The second kappa shape index (κ2) is 6.88. The molecule has 0 saturated carbocycles. The maximum absolute atomic E-state index is 12.6. The van der Waals surface area contributed by atoms with Crippen molar-refractivity contribution in [3.05, 3.63) is 52.7 Å². The molecular weight excluding hydrogens is 302 g/mol. The number of aromatic nitrogens is 1. The first-order valence-corrected chi connectivity index (χ1v) is 8.33. The lowest BCUT2D eigenvalue weighted by molar-refractivity contribution is 0.0728. The van der Waals surface area contributed by atoms with Crippen LogP contribution in [0.1, 0.15) is 53.5 Å². The molecule has 124 valence electrons. The van der Waals surface area contributed by atoms with Gasteiger partial charge in [0.2, 0.25) is 0 Å². The first-order valence-electron chi connectivity index (χ1n) is 8.33. The van der Waals surface area contributed by atoms with Gasteiger partial charge in [-0.15, -0.1) is 0 Å². The summed E-state index contributed by atoms with van der Waals surface area (Å²) in [4.78, 5) is 19.0. The van der Waals surface area contributed by atoms with Crippen LogP contribution in [-0.4, -0.2) is 22.3 Å². The standard InChI is InChI=1S/C19H21N3O2/c1-13(2)3-8-18-21-16-12-22(10-9-17(16)24-18)19(23)15-6-4-14(11-20)5-7-15/h4-7,13H,3,8-10,12H2,1-2H3. The molecule has 3 rings (SSSR count). The van der Waals surface area contributed by atoms with E-state index in [0.29, 0.717) is 36.6 Å². The minimum atomic E-state index is -0.0307. The van der Waals surface area contributed by atoms with Gasteiger partial charge in [0.15, 0.2) is 5.89 Å². The van der Waals surface area contributed by atoms with Gasteiger partial charge in [0.1, 0.15) is 11.5 Å². The van der Waals surface area contributed by atoms with E-state index in [1.807, 2.05) is 0 Å². The van der Waals surface area contributed by atoms with E-state index in [-0.39, 0.29) is 5.91 Å². The molecule has 5 heteroatoms. The van der Waals surface area contributed by atoms with E-state index in [2.05, 4.69) is 24.9 Å². The third kappa shape index (κ3) is 3.48. The van der Waals surface area contributed by atoms with Crippen molar-refractivity contribution in [2.45, 2.75) is 39.7 Å². The van der Waals surface area contributed by atoms with Crippen molar-refractivity contribution in [3.8, 4) is 6.07 Å². The first-order chi connectivity index (χ1) is 11.6. The molecule has 0 atom stereocenters. The Morgan fingerprint density at radius 2 is 2.12 bits per heavy atom. The molecule has 1 aliphatic rings. The van der Waals surface area contributed by atoms with Gasteiger partial charge in [-0.25, -0.2) is 4.98 Å².